The second-order valence-corrected chi connectivity index (χ2v) is 5.64. The van der Waals surface area contributed by atoms with Crippen molar-refractivity contribution in [3.63, 3.8) is 0 Å². The zero-order valence-electron chi connectivity index (χ0n) is 9.39. The van der Waals surface area contributed by atoms with Crippen LogP contribution in [0.2, 0.25) is 0 Å². The van der Waals surface area contributed by atoms with Gasteiger partial charge in [-0.25, -0.2) is 0 Å². The van der Waals surface area contributed by atoms with Gasteiger partial charge < -0.3 is 0 Å². The summed E-state index contributed by atoms with van der Waals surface area (Å²) in [7, 11) is 0. The first kappa shape index (κ1) is 12.9. The third kappa shape index (κ3) is 4.44. The molecule has 0 aliphatic rings. The fraction of sp³-hybridized carbons (Fsp3) is 0.538. The Labute approximate surface area is 103 Å². The number of rotatable bonds is 5. The minimum atomic E-state index is -0.269. The molecular formula is C13H18Cl2. The molecule has 0 saturated heterocycles. The second-order valence-electron chi connectivity index (χ2n) is 4.32. The molecule has 0 heterocycles. The van der Waals surface area contributed by atoms with E-state index < -0.39 is 0 Å². The Kier molecular flexibility index (Phi) is 4.95. The molecule has 0 fully saturated rings. The van der Waals surface area contributed by atoms with Crippen molar-refractivity contribution in [2.75, 3.05) is 5.88 Å². The average Bonchev–Trinajstić information content (AvgIpc) is 2.18. The van der Waals surface area contributed by atoms with E-state index in [0.717, 1.165) is 25.1 Å². The van der Waals surface area contributed by atoms with Crippen molar-refractivity contribution in [2.24, 2.45) is 0 Å². The highest BCUT2D eigenvalue weighted by Gasteiger charge is 2.15. The zero-order valence-corrected chi connectivity index (χ0v) is 10.9. The van der Waals surface area contributed by atoms with Crippen LogP contribution in [0.3, 0.4) is 0 Å². The number of hydrogen-bond donors (Lipinski definition) is 0. The molecule has 84 valence electrons. The van der Waals surface area contributed by atoms with Crippen molar-refractivity contribution in [2.45, 2.75) is 38.0 Å². The van der Waals surface area contributed by atoms with Crippen molar-refractivity contribution in [3.05, 3.63) is 35.4 Å². The van der Waals surface area contributed by atoms with Gasteiger partial charge in [0.1, 0.15) is 0 Å². The summed E-state index contributed by atoms with van der Waals surface area (Å²) in [6, 6.07) is 8.55. The van der Waals surface area contributed by atoms with Gasteiger partial charge in [-0.1, -0.05) is 24.3 Å². The van der Waals surface area contributed by atoms with E-state index in [0.29, 0.717) is 0 Å². The lowest BCUT2D eigenvalue weighted by atomic mass is 9.99. The number of benzene rings is 1. The number of hydrogen-bond acceptors (Lipinski definition) is 0. The van der Waals surface area contributed by atoms with Crippen LogP contribution in [0.15, 0.2) is 24.3 Å². The van der Waals surface area contributed by atoms with Gasteiger partial charge in [-0.15, -0.1) is 23.2 Å². The first-order chi connectivity index (χ1) is 7.04. The minimum Gasteiger partial charge on any atom is -0.127 e. The first-order valence-electron chi connectivity index (χ1n) is 5.38. The van der Waals surface area contributed by atoms with Gasteiger partial charge in [-0.05, 0) is 44.2 Å². The molecule has 0 amide bonds. The number of alkyl halides is 2. The van der Waals surface area contributed by atoms with Gasteiger partial charge in [0.2, 0.25) is 0 Å². The molecule has 2 heteroatoms. The summed E-state index contributed by atoms with van der Waals surface area (Å²) in [4.78, 5) is -0.269. The van der Waals surface area contributed by atoms with Crippen molar-refractivity contribution in [1.82, 2.24) is 0 Å². The third-order valence-electron chi connectivity index (χ3n) is 2.49. The van der Waals surface area contributed by atoms with E-state index in [9.17, 15) is 0 Å². The summed E-state index contributed by atoms with van der Waals surface area (Å²) >= 11 is 11.9. The van der Waals surface area contributed by atoms with Crippen LogP contribution in [0.4, 0.5) is 0 Å². The summed E-state index contributed by atoms with van der Waals surface area (Å²) in [6.07, 6.45) is 3.35. The summed E-state index contributed by atoms with van der Waals surface area (Å²) in [6.45, 7) is 4.02. The molecular weight excluding hydrogens is 227 g/mol. The number of aryl methyl sites for hydroxylation is 1. The molecule has 0 unspecified atom stereocenters. The SMILES string of the molecule is CC(C)(Cl)c1ccc(CCCCCl)cc1. The molecule has 15 heavy (non-hydrogen) atoms. The second kappa shape index (κ2) is 5.77. The molecule has 0 radical (unpaired) electrons. The predicted octanol–water partition coefficient (Wildman–Crippen LogP) is 4.72. The molecule has 0 saturated carbocycles. The lowest BCUT2D eigenvalue weighted by molar-refractivity contribution is 0.761. The average molecular weight is 245 g/mol. The molecule has 0 aliphatic heterocycles. The third-order valence-corrected chi connectivity index (χ3v) is 2.97. The van der Waals surface area contributed by atoms with Gasteiger partial charge in [0.15, 0.2) is 0 Å². The van der Waals surface area contributed by atoms with E-state index in [1.54, 1.807) is 0 Å². The van der Waals surface area contributed by atoms with E-state index in [4.69, 9.17) is 23.2 Å². The van der Waals surface area contributed by atoms with Crippen molar-refractivity contribution in [3.8, 4) is 0 Å². The molecule has 0 aromatic heterocycles. The van der Waals surface area contributed by atoms with Crippen molar-refractivity contribution >= 4 is 23.2 Å². The van der Waals surface area contributed by atoms with Crippen LogP contribution in [0, 0.1) is 0 Å². The molecule has 0 spiro atoms. The molecule has 0 N–H and O–H groups in total. The van der Waals surface area contributed by atoms with Crippen molar-refractivity contribution in [1.29, 1.82) is 0 Å². The van der Waals surface area contributed by atoms with Crippen LogP contribution in [0.1, 0.15) is 37.8 Å². The van der Waals surface area contributed by atoms with Crippen LogP contribution >= 0.6 is 23.2 Å². The van der Waals surface area contributed by atoms with Crippen molar-refractivity contribution < 1.29 is 0 Å². The van der Waals surface area contributed by atoms with Crippen LogP contribution in [-0.2, 0) is 11.3 Å². The van der Waals surface area contributed by atoms with Crippen LogP contribution in [0.5, 0.6) is 0 Å². The van der Waals surface area contributed by atoms with E-state index >= 15 is 0 Å². The fourth-order valence-corrected chi connectivity index (χ4v) is 1.81. The van der Waals surface area contributed by atoms with Gasteiger partial charge in [0.25, 0.3) is 0 Å². The van der Waals surface area contributed by atoms with Crippen LogP contribution in [0.25, 0.3) is 0 Å². The van der Waals surface area contributed by atoms with Gasteiger partial charge in [0, 0.05) is 5.88 Å². The monoisotopic (exact) mass is 244 g/mol. The maximum Gasteiger partial charge on any atom is 0.0638 e. The molecule has 0 nitrogen and oxygen atoms in total. The maximum absolute atomic E-state index is 6.22. The van der Waals surface area contributed by atoms with E-state index in [-0.39, 0.29) is 4.87 Å². The highest BCUT2D eigenvalue weighted by Crippen LogP contribution is 2.27. The Morgan fingerprint density at radius 1 is 1.07 bits per heavy atom. The van der Waals surface area contributed by atoms with E-state index in [1.165, 1.54) is 11.1 Å². The lowest BCUT2D eigenvalue weighted by Crippen LogP contribution is -2.06. The molecule has 0 bridgehead atoms. The Hall–Kier alpha value is -0.200. The Bertz CT molecular complexity index is 282. The molecule has 0 aliphatic carbocycles. The van der Waals surface area contributed by atoms with E-state index in [1.807, 2.05) is 13.8 Å². The normalized spacial score (nSPS) is 11.7. The summed E-state index contributed by atoms with van der Waals surface area (Å²) in [5, 5.41) is 0. The lowest BCUT2D eigenvalue weighted by Gasteiger charge is -2.16. The minimum absolute atomic E-state index is 0.269. The number of halogens is 2. The van der Waals surface area contributed by atoms with Gasteiger partial charge in [-0.3, -0.25) is 0 Å². The molecule has 0 atom stereocenters. The smallest absolute Gasteiger partial charge is 0.0638 e. The first-order valence-corrected chi connectivity index (χ1v) is 6.29. The summed E-state index contributed by atoms with van der Waals surface area (Å²) < 4.78 is 0. The fourth-order valence-electron chi connectivity index (χ4n) is 1.49. The topological polar surface area (TPSA) is 0 Å². The van der Waals surface area contributed by atoms with Crippen LogP contribution in [-0.4, -0.2) is 5.88 Å². The Morgan fingerprint density at radius 3 is 2.13 bits per heavy atom. The highest BCUT2D eigenvalue weighted by atomic mass is 35.5. The standard InChI is InChI=1S/C13H18Cl2/c1-13(2,15)12-8-6-11(7-9-12)5-3-4-10-14/h6-9H,3-5,10H2,1-2H3. The molecule has 1 aromatic carbocycles. The Morgan fingerprint density at radius 2 is 1.67 bits per heavy atom. The zero-order chi connectivity index (χ0) is 11.3. The van der Waals surface area contributed by atoms with Gasteiger partial charge >= 0.3 is 0 Å². The summed E-state index contributed by atoms with van der Waals surface area (Å²) in [5.41, 5.74) is 2.54. The molecule has 1 aromatic rings. The maximum atomic E-state index is 6.22. The van der Waals surface area contributed by atoms with E-state index in [2.05, 4.69) is 24.3 Å². The predicted molar refractivity (Wildman–Crippen MR) is 69.0 cm³/mol. The molecule has 1 rings (SSSR count). The largest absolute Gasteiger partial charge is 0.127 e. The Balaban J connectivity index is 2.57. The summed E-state index contributed by atoms with van der Waals surface area (Å²) in [5.74, 6) is 0.757. The van der Waals surface area contributed by atoms with Crippen LogP contribution < -0.4 is 0 Å². The van der Waals surface area contributed by atoms with Gasteiger partial charge in [-0.2, -0.15) is 0 Å². The number of unbranched alkanes of at least 4 members (excludes halogenated alkanes) is 1. The quantitative estimate of drug-likeness (QED) is 0.520. The highest BCUT2D eigenvalue weighted by molar-refractivity contribution is 6.23. The van der Waals surface area contributed by atoms with Gasteiger partial charge in [0.05, 0.1) is 4.87 Å².